The minimum Gasteiger partial charge on any atom is -0.379 e. The Kier molecular flexibility index (Phi) is 8.29. The summed E-state index contributed by atoms with van der Waals surface area (Å²) >= 11 is 0. The lowest BCUT2D eigenvalue weighted by Crippen LogP contribution is -2.51. The van der Waals surface area contributed by atoms with Crippen LogP contribution in [-0.4, -0.2) is 59.5 Å². The molecule has 6 heteroatoms. The highest BCUT2D eigenvalue weighted by Gasteiger charge is 2.24. The van der Waals surface area contributed by atoms with Crippen LogP contribution in [0.4, 0.5) is 0 Å². The quantitative estimate of drug-likeness (QED) is 0.717. The normalized spacial score (nSPS) is 16.9. The zero-order valence-corrected chi connectivity index (χ0v) is 18.0. The summed E-state index contributed by atoms with van der Waals surface area (Å²) in [4.78, 5) is 14.9. The zero-order valence-electron chi connectivity index (χ0n) is 18.0. The van der Waals surface area contributed by atoms with Gasteiger partial charge in [-0.1, -0.05) is 27.7 Å². The molecule has 6 nitrogen and oxygen atoms in total. The molecule has 0 aliphatic carbocycles. The molecule has 1 atom stereocenters. The SMILES string of the molecule is Cc1nn(CC(C)C)c(C)c1CCC(=O)NCC(C(C)C)N1CCOCC1. The van der Waals surface area contributed by atoms with E-state index in [9.17, 15) is 4.79 Å². The summed E-state index contributed by atoms with van der Waals surface area (Å²) in [5.74, 6) is 1.19. The first-order valence-corrected chi connectivity index (χ1v) is 10.4. The van der Waals surface area contributed by atoms with E-state index in [0.717, 1.165) is 45.0 Å². The van der Waals surface area contributed by atoms with E-state index in [0.29, 0.717) is 30.8 Å². The van der Waals surface area contributed by atoms with Crippen LogP contribution in [0, 0.1) is 25.7 Å². The number of hydrogen-bond acceptors (Lipinski definition) is 4. The van der Waals surface area contributed by atoms with Gasteiger partial charge in [0.05, 0.1) is 18.9 Å². The number of nitrogens with one attached hydrogen (secondary N) is 1. The molecule has 2 heterocycles. The number of carbonyl (C=O) groups is 1. The Bertz CT molecular complexity index is 604. The Morgan fingerprint density at radius 3 is 2.44 bits per heavy atom. The van der Waals surface area contributed by atoms with E-state index in [1.807, 2.05) is 6.92 Å². The van der Waals surface area contributed by atoms with Crippen molar-refractivity contribution in [1.82, 2.24) is 20.0 Å². The first kappa shape index (κ1) is 21.9. The highest BCUT2D eigenvalue weighted by Crippen LogP contribution is 2.17. The molecule has 1 amide bonds. The molecule has 1 aliphatic rings. The molecule has 0 saturated carbocycles. The van der Waals surface area contributed by atoms with Gasteiger partial charge in [-0.25, -0.2) is 0 Å². The fourth-order valence-electron chi connectivity index (χ4n) is 3.86. The largest absolute Gasteiger partial charge is 0.379 e. The van der Waals surface area contributed by atoms with Crippen molar-refractivity contribution in [3.05, 3.63) is 17.0 Å². The topological polar surface area (TPSA) is 59.4 Å². The molecule has 1 N–H and O–H groups in total. The number of morpholine rings is 1. The van der Waals surface area contributed by atoms with Gasteiger partial charge in [0.15, 0.2) is 0 Å². The molecule has 1 fully saturated rings. The van der Waals surface area contributed by atoms with Crippen LogP contribution in [-0.2, 0) is 22.5 Å². The van der Waals surface area contributed by atoms with Crippen LogP contribution in [0.2, 0.25) is 0 Å². The molecule has 1 aromatic heterocycles. The third-order valence-corrected chi connectivity index (χ3v) is 5.46. The van der Waals surface area contributed by atoms with Gasteiger partial charge in [0.25, 0.3) is 0 Å². The van der Waals surface area contributed by atoms with Crippen molar-refractivity contribution in [2.24, 2.45) is 11.8 Å². The first-order chi connectivity index (χ1) is 12.8. The third kappa shape index (κ3) is 6.32. The van der Waals surface area contributed by atoms with Gasteiger partial charge in [-0.2, -0.15) is 5.10 Å². The smallest absolute Gasteiger partial charge is 0.220 e. The number of hydrogen-bond donors (Lipinski definition) is 1. The van der Waals surface area contributed by atoms with Crippen LogP contribution in [0.1, 0.15) is 51.1 Å². The predicted molar refractivity (Wildman–Crippen MR) is 109 cm³/mol. The van der Waals surface area contributed by atoms with Gasteiger partial charge in [0, 0.05) is 44.3 Å². The van der Waals surface area contributed by atoms with E-state index in [2.05, 4.69) is 54.6 Å². The summed E-state index contributed by atoms with van der Waals surface area (Å²) in [5.41, 5.74) is 3.47. The van der Waals surface area contributed by atoms with Gasteiger partial charge in [0.2, 0.25) is 5.91 Å². The molecule has 1 saturated heterocycles. The minimum atomic E-state index is 0.129. The third-order valence-electron chi connectivity index (χ3n) is 5.46. The molecule has 27 heavy (non-hydrogen) atoms. The van der Waals surface area contributed by atoms with E-state index in [1.165, 1.54) is 11.3 Å². The molecule has 154 valence electrons. The Balaban J connectivity index is 1.86. The van der Waals surface area contributed by atoms with Gasteiger partial charge in [-0.05, 0) is 37.7 Å². The molecule has 1 aromatic rings. The Morgan fingerprint density at radius 1 is 1.19 bits per heavy atom. The van der Waals surface area contributed by atoms with Crippen molar-refractivity contribution in [1.29, 1.82) is 0 Å². The van der Waals surface area contributed by atoms with E-state index in [1.54, 1.807) is 0 Å². The van der Waals surface area contributed by atoms with Crippen LogP contribution in [0.3, 0.4) is 0 Å². The molecule has 2 rings (SSSR count). The van der Waals surface area contributed by atoms with Crippen LogP contribution in [0.5, 0.6) is 0 Å². The van der Waals surface area contributed by atoms with Crippen molar-refractivity contribution in [3.8, 4) is 0 Å². The molecule has 0 spiro atoms. The lowest BCUT2D eigenvalue weighted by atomic mass is 10.0. The predicted octanol–water partition coefficient (Wildman–Crippen LogP) is 2.56. The number of carbonyl (C=O) groups excluding carboxylic acids is 1. The maximum Gasteiger partial charge on any atom is 0.220 e. The van der Waals surface area contributed by atoms with Crippen molar-refractivity contribution in [2.75, 3.05) is 32.8 Å². The van der Waals surface area contributed by atoms with Gasteiger partial charge in [-0.3, -0.25) is 14.4 Å². The lowest BCUT2D eigenvalue weighted by molar-refractivity contribution is -0.121. The van der Waals surface area contributed by atoms with Crippen LogP contribution in [0.25, 0.3) is 0 Å². The summed E-state index contributed by atoms with van der Waals surface area (Å²) in [7, 11) is 0. The summed E-state index contributed by atoms with van der Waals surface area (Å²) in [6, 6.07) is 0.370. The summed E-state index contributed by atoms with van der Waals surface area (Å²) in [5, 5.41) is 7.81. The molecule has 0 bridgehead atoms. The Morgan fingerprint density at radius 2 is 1.85 bits per heavy atom. The number of amides is 1. The zero-order chi connectivity index (χ0) is 20.0. The second kappa shape index (κ2) is 10.2. The summed E-state index contributed by atoms with van der Waals surface area (Å²) in [6.07, 6.45) is 1.27. The molecule has 0 aromatic carbocycles. The van der Waals surface area contributed by atoms with Crippen molar-refractivity contribution < 1.29 is 9.53 Å². The first-order valence-electron chi connectivity index (χ1n) is 10.4. The maximum absolute atomic E-state index is 12.5. The minimum absolute atomic E-state index is 0.129. The number of rotatable bonds is 9. The standard InChI is InChI=1S/C21H38N4O2/c1-15(2)14-25-18(6)19(17(5)23-25)7-8-21(26)22-13-20(16(3)4)24-9-11-27-12-10-24/h15-16,20H,7-14H2,1-6H3,(H,22,26). The number of aryl methyl sites for hydroxylation is 1. The van der Waals surface area contributed by atoms with E-state index in [4.69, 9.17) is 4.74 Å². The monoisotopic (exact) mass is 378 g/mol. The van der Waals surface area contributed by atoms with E-state index >= 15 is 0 Å². The average Bonchev–Trinajstić information content (AvgIpc) is 2.86. The molecular weight excluding hydrogens is 340 g/mol. The van der Waals surface area contributed by atoms with Crippen molar-refractivity contribution in [2.45, 2.75) is 67.0 Å². The molecule has 1 aliphatic heterocycles. The average molecular weight is 379 g/mol. The summed E-state index contributed by atoms with van der Waals surface area (Å²) < 4.78 is 7.54. The molecular formula is C21H38N4O2. The molecule has 0 radical (unpaired) electrons. The lowest BCUT2D eigenvalue weighted by Gasteiger charge is -2.36. The van der Waals surface area contributed by atoms with Crippen molar-refractivity contribution in [3.63, 3.8) is 0 Å². The number of aromatic nitrogens is 2. The Labute approximate surface area is 164 Å². The fraction of sp³-hybridized carbons (Fsp3) is 0.810. The van der Waals surface area contributed by atoms with Gasteiger partial charge in [-0.15, -0.1) is 0 Å². The van der Waals surface area contributed by atoms with Crippen LogP contribution < -0.4 is 5.32 Å². The van der Waals surface area contributed by atoms with E-state index in [-0.39, 0.29) is 5.91 Å². The van der Waals surface area contributed by atoms with Crippen LogP contribution in [0.15, 0.2) is 0 Å². The Hall–Kier alpha value is -1.40. The summed E-state index contributed by atoms with van der Waals surface area (Å²) in [6.45, 7) is 18.1. The maximum atomic E-state index is 12.5. The van der Waals surface area contributed by atoms with Gasteiger partial charge >= 0.3 is 0 Å². The molecule has 1 unspecified atom stereocenters. The number of ether oxygens (including phenoxy) is 1. The highest BCUT2D eigenvalue weighted by molar-refractivity contribution is 5.76. The van der Waals surface area contributed by atoms with Gasteiger partial charge in [0.1, 0.15) is 0 Å². The van der Waals surface area contributed by atoms with Crippen molar-refractivity contribution >= 4 is 5.91 Å². The van der Waals surface area contributed by atoms with Gasteiger partial charge < -0.3 is 10.1 Å². The van der Waals surface area contributed by atoms with Crippen LogP contribution >= 0.6 is 0 Å². The second-order valence-corrected chi connectivity index (χ2v) is 8.49. The highest BCUT2D eigenvalue weighted by atomic mass is 16.5. The second-order valence-electron chi connectivity index (χ2n) is 8.49. The fourth-order valence-corrected chi connectivity index (χ4v) is 3.86. The number of nitrogens with zero attached hydrogens (tertiary/aromatic N) is 3. The van der Waals surface area contributed by atoms with E-state index < -0.39 is 0 Å².